The number of aromatic nitrogens is 6. The molecule has 1 aliphatic carbocycles. The van der Waals surface area contributed by atoms with Crippen LogP contribution in [-0.2, 0) is 11.3 Å². The molecule has 4 aromatic rings. The molecular formula is C27H28N8O2. The summed E-state index contributed by atoms with van der Waals surface area (Å²) in [5, 5.41) is 25.2. The second-order valence-electron chi connectivity index (χ2n) is 8.90. The molecule has 1 aliphatic rings. The summed E-state index contributed by atoms with van der Waals surface area (Å²) in [5.74, 6) is -0.131. The molecule has 1 aromatic carbocycles. The van der Waals surface area contributed by atoms with Crippen molar-refractivity contribution in [2.75, 3.05) is 5.73 Å². The van der Waals surface area contributed by atoms with Crippen LogP contribution in [0.15, 0.2) is 54.7 Å². The first kappa shape index (κ1) is 25.4. The summed E-state index contributed by atoms with van der Waals surface area (Å²) in [7, 11) is 0. The normalized spacial score (nSPS) is 13.3. The van der Waals surface area contributed by atoms with Gasteiger partial charge in [0.05, 0.1) is 41.5 Å². The molecular weight excluding hydrogens is 468 g/mol. The van der Waals surface area contributed by atoms with Crippen LogP contribution in [0.1, 0.15) is 61.9 Å². The second kappa shape index (κ2) is 11.9. The summed E-state index contributed by atoms with van der Waals surface area (Å²) in [4.78, 5) is 22.6. The van der Waals surface area contributed by atoms with Crippen molar-refractivity contribution in [2.45, 2.75) is 51.5 Å². The number of nitrogen functional groups attached to an aromatic ring is 1. The van der Waals surface area contributed by atoms with Gasteiger partial charge in [0.15, 0.2) is 0 Å². The van der Waals surface area contributed by atoms with Gasteiger partial charge in [-0.25, -0.2) is 14.6 Å². The number of aliphatic carboxylic acids is 1. The number of benzene rings is 1. The van der Waals surface area contributed by atoms with Gasteiger partial charge in [0.2, 0.25) is 5.95 Å². The van der Waals surface area contributed by atoms with E-state index in [1.807, 2.05) is 30.5 Å². The number of hydrogen-bond acceptors (Lipinski definition) is 8. The fraction of sp³-hybridized carbons (Fsp3) is 0.296. The van der Waals surface area contributed by atoms with E-state index >= 15 is 0 Å². The lowest BCUT2D eigenvalue weighted by atomic mass is 9.86. The number of hydrogen-bond donors (Lipinski definition) is 2. The number of carboxylic acids is 1. The standard InChI is InChI=1S/C25H24N8.C2H4O2/c26-14-17-6-4-9-19(12-17)22-13-23(30-25(27)29-22)24-16-33(32-31-24)15-20-10-5-11-21(28-20)18-7-2-1-3-8-18;1-2(3)4/h4-6,9-13,16,18H,1-3,7-8,15H2,(H2,27,29,30);1H3,(H,3,4). The number of nitriles is 1. The molecule has 1 fully saturated rings. The smallest absolute Gasteiger partial charge is 0.300 e. The molecule has 0 amide bonds. The second-order valence-corrected chi connectivity index (χ2v) is 8.90. The van der Waals surface area contributed by atoms with E-state index in [4.69, 9.17) is 20.6 Å². The lowest BCUT2D eigenvalue weighted by Crippen LogP contribution is -2.09. The molecule has 0 saturated heterocycles. The van der Waals surface area contributed by atoms with Gasteiger partial charge in [0, 0.05) is 24.1 Å². The molecule has 3 heterocycles. The van der Waals surface area contributed by atoms with Crippen molar-refractivity contribution in [3.05, 3.63) is 71.7 Å². The number of nitrogens with zero attached hydrogens (tertiary/aromatic N) is 7. The molecule has 0 aliphatic heterocycles. The van der Waals surface area contributed by atoms with Gasteiger partial charge in [-0.1, -0.05) is 42.7 Å². The van der Waals surface area contributed by atoms with E-state index in [1.165, 1.54) is 37.8 Å². The highest BCUT2D eigenvalue weighted by molar-refractivity contribution is 5.68. The fourth-order valence-corrected chi connectivity index (χ4v) is 4.36. The van der Waals surface area contributed by atoms with Crippen molar-refractivity contribution in [3.63, 3.8) is 0 Å². The highest BCUT2D eigenvalue weighted by Crippen LogP contribution is 2.31. The zero-order valence-corrected chi connectivity index (χ0v) is 20.6. The molecule has 0 atom stereocenters. The Balaban J connectivity index is 0.000000747. The van der Waals surface area contributed by atoms with Crippen LogP contribution in [-0.4, -0.2) is 41.0 Å². The van der Waals surface area contributed by atoms with E-state index in [0.717, 1.165) is 18.2 Å². The van der Waals surface area contributed by atoms with E-state index in [1.54, 1.807) is 16.8 Å². The van der Waals surface area contributed by atoms with Gasteiger partial charge in [-0.3, -0.25) is 9.78 Å². The zero-order valence-electron chi connectivity index (χ0n) is 20.6. The minimum Gasteiger partial charge on any atom is -0.481 e. The van der Waals surface area contributed by atoms with Crippen molar-refractivity contribution in [1.29, 1.82) is 5.26 Å². The fourth-order valence-electron chi connectivity index (χ4n) is 4.36. The molecule has 37 heavy (non-hydrogen) atoms. The molecule has 0 radical (unpaired) electrons. The third kappa shape index (κ3) is 6.95. The molecule has 3 N–H and O–H groups in total. The number of nitrogens with two attached hydrogens (primary N) is 1. The van der Waals surface area contributed by atoms with Gasteiger partial charge in [-0.05, 0) is 43.2 Å². The Kier molecular flexibility index (Phi) is 8.15. The lowest BCUT2D eigenvalue weighted by molar-refractivity contribution is -0.134. The minimum atomic E-state index is -0.833. The molecule has 3 aromatic heterocycles. The molecule has 188 valence electrons. The van der Waals surface area contributed by atoms with Crippen LogP contribution < -0.4 is 5.73 Å². The van der Waals surface area contributed by atoms with E-state index in [2.05, 4.69) is 38.5 Å². The van der Waals surface area contributed by atoms with Crippen molar-refractivity contribution in [2.24, 2.45) is 0 Å². The van der Waals surface area contributed by atoms with Crippen molar-refractivity contribution in [1.82, 2.24) is 29.9 Å². The Morgan fingerprint density at radius 2 is 1.78 bits per heavy atom. The van der Waals surface area contributed by atoms with Crippen molar-refractivity contribution >= 4 is 11.9 Å². The summed E-state index contributed by atoms with van der Waals surface area (Å²) in [6, 6.07) is 17.4. The predicted octanol–water partition coefficient (Wildman–Crippen LogP) is 4.44. The molecule has 10 nitrogen and oxygen atoms in total. The average molecular weight is 497 g/mol. The molecule has 10 heteroatoms. The van der Waals surface area contributed by atoms with Gasteiger partial charge in [-0.2, -0.15) is 5.26 Å². The van der Waals surface area contributed by atoms with Crippen LogP contribution in [0.5, 0.6) is 0 Å². The van der Waals surface area contributed by atoms with Gasteiger partial charge in [-0.15, -0.1) is 5.10 Å². The third-order valence-electron chi connectivity index (χ3n) is 6.01. The maximum absolute atomic E-state index is 9.18. The molecule has 0 bridgehead atoms. The maximum atomic E-state index is 9.18. The largest absolute Gasteiger partial charge is 0.481 e. The summed E-state index contributed by atoms with van der Waals surface area (Å²) < 4.78 is 1.76. The van der Waals surface area contributed by atoms with Gasteiger partial charge in [0.1, 0.15) is 5.69 Å². The topological polar surface area (TPSA) is 156 Å². The summed E-state index contributed by atoms with van der Waals surface area (Å²) >= 11 is 0. The summed E-state index contributed by atoms with van der Waals surface area (Å²) in [6.45, 7) is 1.62. The SMILES string of the molecule is CC(=O)O.N#Cc1cccc(-c2cc(-c3cn(Cc4cccc(C5CCCCC5)n4)nn3)nc(N)n2)c1. The molecule has 5 rings (SSSR count). The molecule has 0 unspecified atom stereocenters. The van der Waals surface area contributed by atoms with E-state index < -0.39 is 5.97 Å². The van der Waals surface area contributed by atoms with E-state index in [9.17, 15) is 5.26 Å². The Hall–Kier alpha value is -4.65. The third-order valence-corrected chi connectivity index (χ3v) is 6.01. The summed E-state index contributed by atoms with van der Waals surface area (Å²) in [5.41, 5.74) is 11.3. The average Bonchev–Trinajstić information content (AvgIpc) is 3.37. The van der Waals surface area contributed by atoms with Crippen molar-refractivity contribution in [3.8, 4) is 28.7 Å². The summed E-state index contributed by atoms with van der Waals surface area (Å²) in [6.07, 6.45) is 8.18. The van der Waals surface area contributed by atoms with Crippen molar-refractivity contribution < 1.29 is 9.90 Å². The maximum Gasteiger partial charge on any atom is 0.300 e. The Bertz CT molecular complexity index is 1420. The van der Waals surface area contributed by atoms with Crippen LogP contribution in [0, 0.1) is 11.3 Å². The number of anilines is 1. The van der Waals surface area contributed by atoms with Gasteiger partial charge in [0.25, 0.3) is 5.97 Å². The first-order valence-corrected chi connectivity index (χ1v) is 12.1. The zero-order chi connectivity index (χ0) is 26.2. The Morgan fingerprint density at radius 1 is 1.05 bits per heavy atom. The quantitative estimate of drug-likeness (QED) is 0.407. The monoisotopic (exact) mass is 496 g/mol. The first-order valence-electron chi connectivity index (χ1n) is 12.1. The van der Waals surface area contributed by atoms with E-state index in [0.29, 0.717) is 35.1 Å². The highest BCUT2D eigenvalue weighted by atomic mass is 16.4. The number of pyridine rings is 1. The number of carbonyl (C=O) groups is 1. The van der Waals surface area contributed by atoms with Gasteiger partial charge >= 0.3 is 0 Å². The van der Waals surface area contributed by atoms with Crippen LogP contribution in [0.3, 0.4) is 0 Å². The molecule has 1 saturated carbocycles. The van der Waals surface area contributed by atoms with Crippen LogP contribution >= 0.6 is 0 Å². The van der Waals surface area contributed by atoms with Crippen LogP contribution in [0.2, 0.25) is 0 Å². The lowest BCUT2D eigenvalue weighted by Gasteiger charge is -2.21. The Morgan fingerprint density at radius 3 is 2.54 bits per heavy atom. The number of rotatable bonds is 5. The highest BCUT2D eigenvalue weighted by Gasteiger charge is 2.17. The minimum absolute atomic E-state index is 0.140. The van der Waals surface area contributed by atoms with Crippen LogP contribution in [0.4, 0.5) is 5.95 Å². The van der Waals surface area contributed by atoms with Gasteiger partial charge < -0.3 is 10.8 Å². The molecule has 0 spiro atoms. The number of carboxylic acid groups (broad SMARTS) is 1. The van der Waals surface area contributed by atoms with E-state index in [-0.39, 0.29) is 5.95 Å². The van der Waals surface area contributed by atoms with Crippen LogP contribution in [0.25, 0.3) is 22.6 Å². The first-order chi connectivity index (χ1) is 17.9. The Labute approximate surface area is 214 Å². The predicted molar refractivity (Wildman–Crippen MR) is 138 cm³/mol.